The highest BCUT2D eigenvalue weighted by Crippen LogP contribution is 1.96. The molecule has 0 spiro atoms. The molecule has 76 valence electrons. The third-order valence-corrected chi connectivity index (χ3v) is 1.36. The van der Waals surface area contributed by atoms with E-state index in [-0.39, 0.29) is 12.2 Å². The molecule has 0 aliphatic carbocycles. The van der Waals surface area contributed by atoms with Gasteiger partial charge in [-0.2, -0.15) is 0 Å². The largest absolute Gasteiger partial charge is 0.497 e. The number of ether oxygens (including phenoxy) is 3. The normalized spacial score (nSPS) is 14.3. The van der Waals surface area contributed by atoms with Gasteiger partial charge in [0.05, 0.1) is 25.7 Å². The van der Waals surface area contributed by atoms with E-state index in [1.165, 1.54) is 12.5 Å². The van der Waals surface area contributed by atoms with Crippen LogP contribution < -0.4 is 0 Å². The second-order valence-electron chi connectivity index (χ2n) is 2.76. The molecule has 0 aromatic rings. The Kier molecular flexibility index (Phi) is 7.11. The predicted molar refractivity (Wildman–Crippen MR) is 52.3 cm³/mol. The first-order valence-electron chi connectivity index (χ1n) is 4.31. The monoisotopic (exact) mass is 186 g/mol. The van der Waals surface area contributed by atoms with Gasteiger partial charge in [0.2, 0.25) is 0 Å². The van der Waals surface area contributed by atoms with Gasteiger partial charge in [-0.1, -0.05) is 13.2 Å². The first-order valence-corrected chi connectivity index (χ1v) is 4.31. The molecule has 0 aromatic heterocycles. The van der Waals surface area contributed by atoms with Gasteiger partial charge >= 0.3 is 0 Å². The summed E-state index contributed by atoms with van der Waals surface area (Å²) in [6.07, 6.45) is 2.90. The van der Waals surface area contributed by atoms with Crippen LogP contribution in [0.3, 0.4) is 0 Å². The van der Waals surface area contributed by atoms with E-state index in [0.29, 0.717) is 13.2 Å². The van der Waals surface area contributed by atoms with Crippen molar-refractivity contribution < 1.29 is 14.2 Å². The van der Waals surface area contributed by atoms with Crippen molar-refractivity contribution in [3.8, 4) is 0 Å². The minimum Gasteiger partial charge on any atom is -0.497 e. The molecule has 0 N–H and O–H groups in total. The summed E-state index contributed by atoms with van der Waals surface area (Å²) in [5.41, 5.74) is 0. The molecule has 3 nitrogen and oxygen atoms in total. The van der Waals surface area contributed by atoms with E-state index >= 15 is 0 Å². The van der Waals surface area contributed by atoms with Gasteiger partial charge in [-0.05, 0) is 13.8 Å². The highest BCUT2D eigenvalue weighted by Gasteiger charge is 2.03. The van der Waals surface area contributed by atoms with Crippen LogP contribution in [0.15, 0.2) is 25.7 Å². The van der Waals surface area contributed by atoms with E-state index < -0.39 is 0 Å². The molecule has 0 saturated carbocycles. The zero-order valence-corrected chi connectivity index (χ0v) is 8.36. The lowest BCUT2D eigenvalue weighted by Crippen LogP contribution is -2.19. The number of hydrogen-bond acceptors (Lipinski definition) is 3. The van der Waals surface area contributed by atoms with Gasteiger partial charge < -0.3 is 14.2 Å². The van der Waals surface area contributed by atoms with Crippen molar-refractivity contribution in [2.24, 2.45) is 0 Å². The summed E-state index contributed by atoms with van der Waals surface area (Å²) >= 11 is 0. The molecule has 0 saturated heterocycles. The van der Waals surface area contributed by atoms with E-state index in [1.54, 1.807) is 0 Å². The summed E-state index contributed by atoms with van der Waals surface area (Å²) < 4.78 is 15.4. The maximum absolute atomic E-state index is 5.32. The average Bonchev–Trinajstić information content (AvgIpc) is 2.05. The van der Waals surface area contributed by atoms with Gasteiger partial charge in [-0.25, -0.2) is 0 Å². The maximum Gasteiger partial charge on any atom is 0.118 e. The molecule has 3 heteroatoms. The lowest BCUT2D eigenvalue weighted by molar-refractivity contribution is -0.00511. The molecular weight excluding hydrogens is 168 g/mol. The fourth-order valence-corrected chi connectivity index (χ4v) is 0.807. The number of hydrogen-bond donors (Lipinski definition) is 0. The molecule has 0 radical (unpaired) electrons. The summed E-state index contributed by atoms with van der Waals surface area (Å²) in [6, 6.07) is 0. The van der Waals surface area contributed by atoms with Gasteiger partial charge in [0, 0.05) is 0 Å². The molecule has 0 bridgehead atoms. The van der Waals surface area contributed by atoms with Crippen LogP contribution >= 0.6 is 0 Å². The van der Waals surface area contributed by atoms with E-state index in [4.69, 9.17) is 14.2 Å². The highest BCUT2D eigenvalue weighted by molar-refractivity contribution is 4.58. The standard InChI is InChI=1S/C10H18O3/c1-5-12-9(3)7-11-8-10(4)13-6-2/h5-6,9-10H,1-2,7-8H2,3-4H3. The fraction of sp³-hybridized carbons (Fsp3) is 0.600. The van der Waals surface area contributed by atoms with Crippen molar-refractivity contribution in [3.63, 3.8) is 0 Å². The third-order valence-electron chi connectivity index (χ3n) is 1.36. The molecule has 0 aromatic carbocycles. The van der Waals surface area contributed by atoms with Crippen molar-refractivity contribution in [2.45, 2.75) is 26.1 Å². The van der Waals surface area contributed by atoms with Crippen LogP contribution in [-0.2, 0) is 14.2 Å². The Bertz CT molecular complexity index is 129. The fourth-order valence-electron chi connectivity index (χ4n) is 0.807. The second-order valence-corrected chi connectivity index (χ2v) is 2.76. The van der Waals surface area contributed by atoms with Crippen LogP contribution in [0, 0.1) is 0 Å². The van der Waals surface area contributed by atoms with Gasteiger partial charge in [0.15, 0.2) is 0 Å². The molecule has 2 atom stereocenters. The zero-order valence-electron chi connectivity index (χ0n) is 8.36. The Morgan fingerprint density at radius 1 is 1.00 bits per heavy atom. The average molecular weight is 186 g/mol. The minimum atomic E-state index is 0.0356. The van der Waals surface area contributed by atoms with E-state index in [1.807, 2.05) is 13.8 Å². The first kappa shape index (κ1) is 12.0. The summed E-state index contributed by atoms with van der Waals surface area (Å²) in [5.74, 6) is 0. The maximum atomic E-state index is 5.32. The molecular formula is C10H18O3. The van der Waals surface area contributed by atoms with E-state index in [2.05, 4.69) is 13.2 Å². The molecule has 0 fully saturated rings. The summed E-state index contributed by atoms with van der Waals surface area (Å²) in [4.78, 5) is 0. The lowest BCUT2D eigenvalue weighted by atomic mass is 10.4. The van der Waals surface area contributed by atoms with Crippen LogP contribution in [0.1, 0.15) is 13.8 Å². The quantitative estimate of drug-likeness (QED) is 0.543. The summed E-state index contributed by atoms with van der Waals surface area (Å²) in [5, 5.41) is 0. The Hall–Kier alpha value is -0.960. The van der Waals surface area contributed by atoms with E-state index in [0.717, 1.165) is 0 Å². The highest BCUT2D eigenvalue weighted by atomic mass is 16.5. The SMILES string of the molecule is C=COC(C)COCC(C)OC=C. The van der Waals surface area contributed by atoms with Crippen molar-refractivity contribution in [1.82, 2.24) is 0 Å². The molecule has 2 unspecified atom stereocenters. The predicted octanol–water partition coefficient (Wildman–Crippen LogP) is 2.10. The smallest absolute Gasteiger partial charge is 0.118 e. The van der Waals surface area contributed by atoms with E-state index in [9.17, 15) is 0 Å². The van der Waals surface area contributed by atoms with Gasteiger partial charge in [0.1, 0.15) is 12.2 Å². The van der Waals surface area contributed by atoms with Crippen molar-refractivity contribution in [1.29, 1.82) is 0 Å². The Morgan fingerprint density at radius 2 is 1.38 bits per heavy atom. The van der Waals surface area contributed by atoms with Crippen LogP contribution in [0.2, 0.25) is 0 Å². The number of rotatable bonds is 8. The molecule has 0 aliphatic heterocycles. The van der Waals surface area contributed by atoms with Gasteiger partial charge in [-0.3, -0.25) is 0 Å². The minimum absolute atomic E-state index is 0.0356. The van der Waals surface area contributed by atoms with Gasteiger partial charge in [0.25, 0.3) is 0 Å². The second kappa shape index (κ2) is 7.68. The topological polar surface area (TPSA) is 27.7 Å². The van der Waals surface area contributed by atoms with Crippen LogP contribution in [0.4, 0.5) is 0 Å². The lowest BCUT2D eigenvalue weighted by Gasteiger charge is -2.14. The third kappa shape index (κ3) is 7.40. The molecule has 0 heterocycles. The van der Waals surface area contributed by atoms with Crippen LogP contribution in [0.25, 0.3) is 0 Å². The zero-order chi connectivity index (χ0) is 10.1. The van der Waals surface area contributed by atoms with Crippen molar-refractivity contribution in [2.75, 3.05) is 13.2 Å². The first-order chi connectivity index (χ1) is 6.20. The Balaban J connectivity index is 3.32. The van der Waals surface area contributed by atoms with Crippen molar-refractivity contribution >= 4 is 0 Å². The van der Waals surface area contributed by atoms with Crippen LogP contribution in [-0.4, -0.2) is 25.4 Å². The molecule has 0 rings (SSSR count). The molecule has 13 heavy (non-hydrogen) atoms. The molecule has 0 amide bonds. The van der Waals surface area contributed by atoms with Crippen LogP contribution in [0.5, 0.6) is 0 Å². The summed E-state index contributed by atoms with van der Waals surface area (Å²) in [6.45, 7) is 11.8. The summed E-state index contributed by atoms with van der Waals surface area (Å²) in [7, 11) is 0. The Morgan fingerprint density at radius 3 is 1.69 bits per heavy atom. The van der Waals surface area contributed by atoms with Gasteiger partial charge in [-0.15, -0.1) is 0 Å². The Labute approximate surface area is 80.0 Å². The van der Waals surface area contributed by atoms with Crippen molar-refractivity contribution in [3.05, 3.63) is 25.7 Å². The molecule has 0 aliphatic rings.